The number of anilines is 2. The lowest BCUT2D eigenvalue weighted by Gasteiger charge is -2.26. The van der Waals surface area contributed by atoms with E-state index in [1.807, 2.05) is 50.2 Å². The van der Waals surface area contributed by atoms with E-state index in [2.05, 4.69) is 12.2 Å². The van der Waals surface area contributed by atoms with Gasteiger partial charge in [-0.3, -0.25) is 9.10 Å². The molecule has 0 saturated carbocycles. The third kappa shape index (κ3) is 5.33. The molecular weight excluding hydrogens is 408 g/mol. The summed E-state index contributed by atoms with van der Waals surface area (Å²) >= 11 is 0. The van der Waals surface area contributed by atoms with Crippen molar-refractivity contribution >= 4 is 27.3 Å². The van der Waals surface area contributed by atoms with Gasteiger partial charge in [0, 0.05) is 5.69 Å². The fourth-order valence-corrected chi connectivity index (χ4v) is 4.80. The lowest BCUT2D eigenvalue weighted by molar-refractivity contribution is -0.114. The topological polar surface area (TPSA) is 66.5 Å². The van der Waals surface area contributed by atoms with Crippen molar-refractivity contribution in [3.63, 3.8) is 0 Å². The lowest BCUT2D eigenvalue weighted by atomic mass is 10.1. The molecule has 0 unspecified atom stereocenters. The van der Waals surface area contributed by atoms with Crippen molar-refractivity contribution in [2.24, 2.45) is 0 Å². The Balaban J connectivity index is 1.95. The van der Waals surface area contributed by atoms with Crippen LogP contribution in [0.5, 0.6) is 0 Å². The minimum Gasteiger partial charge on any atom is -0.325 e. The number of amides is 1. The highest BCUT2D eigenvalue weighted by molar-refractivity contribution is 7.92. The summed E-state index contributed by atoms with van der Waals surface area (Å²) in [7, 11) is -3.93. The maximum atomic E-state index is 13.5. The molecule has 0 aliphatic heterocycles. The second-order valence-corrected chi connectivity index (χ2v) is 9.27. The number of hydrogen-bond donors (Lipinski definition) is 1. The highest BCUT2D eigenvalue weighted by atomic mass is 32.2. The molecule has 1 amide bonds. The van der Waals surface area contributed by atoms with E-state index >= 15 is 0 Å². The molecule has 0 aliphatic carbocycles. The first kappa shape index (κ1) is 22.6. The monoisotopic (exact) mass is 436 g/mol. The van der Waals surface area contributed by atoms with Gasteiger partial charge in [-0.1, -0.05) is 61.9 Å². The summed E-state index contributed by atoms with van der Waals surface area (Å²) < 4.78 is 28.3. The summed E-state index contributed by atoms with van der Waals surface area (Å²) in [6.07, 6.45) is 1.56. The van der Waals surface area contributed by atoms with E-state index in [4.69, 9.17) is 0 Å². The molecule has 0 atom stereocenters. The van der Waals surface area contributed by atoms with Gasteiger partial charge in [0.2, 0.25) is 5.91 Å². The normalized spacial score (nSPS) is 11.2. The Morgan fingerprint density at radius 3 is 2.13 bits per heavy atom. The van der Waals surface area contributed by atoms with Gasteiger partial charge in [0.25, 0.3) is 10.0 Å². The number of benzene rings is 3. The molecular formula is C25H28N2O3S. The molecule has 0 fully saturated rings. The Hall–Kier alpha value is -3.12. The Labute approximate surface area is 184 Å². The predicted octanol–water partition coefficient (Wildman–Crippen LogP) is 4.95. The first-order valence-corrected chi connectivity index (χ1v) is 11.8. The minimum atomic E-state index is -3.93. The van der Waals surface area contributed by atoms with Crippen LogP contribution in [-0.4, -0.2) is 20.9 Å². The summed E-state index contributed by atoms with van der Waals surface area (Å²) in [6, 6.07) is 21.5. The van der Waals surface area contributed by atoms with Crippen molar-refractivity contribution in [3.05, 3.63) is 89.5 Å². The first-order valence-electron chi connectivity index (χ1n) is 10.4. The molecule has 0 aromatic heterocycles. The minimum absolute atomic E-state index is 0.157. The van der Waals surface area contributed by atoms with E-state index in [1.165, 1.54) is 9.87 Å². The average molecular weight is 437 g/mol. The van der Waals surface area contributed by atoms with Gasteiger partial charge in [0.15, 0.2) is 0 Å². The van der Waals surface area contributed by atoms with Gasteiger partial charge in [0.1, 0.15) is 6.54 Å². The standard InChI is InChI=1S/C25H28N2O3S/c1-4-20-12-14-22(15-13-20)26-25(28)18-27(24-9-7-6-8-21(24)5-2)31(29,30)23-16-10-19(3)11-17-23/h6-17H,4-5,18H2,1-3H3,(H,26,28). The number of aryl methyl sites for hydroxylation is 3. The molecule has 0 bridgehead atoms. The summed E-state index contributed by atoms with van der Waals surface area (Å²) in [5.74, 6) is -0.397. The molecule has 31 heavy (non-hydrogen) atoms. The van der Waals surface area contributed by atoms with Gasteiger partial charge in [-0.05, 0) is 61.2 Å². The highest BCUT2D eigenvalue weighted by Gasteiger charge is 2.28. The van der Waals surface area contributed by atoms with Crippen LogP contribution in [0.1, 0.15) is 30.5 Å². The zero-order chi connectivity index (χ0) is 22.4. The largest absolute Gasteiger partial charge is 0.325 e. The number of para-hydroxylation sites is 1. The maximum Gasteiger partial charge on any atom is 0.264 e. The van der Waals surface area contributed by atoms with Crippen LogP contribution in [0.25, 0.3) is 0 Å². The van der Waals surface area contributed by atoms with Gasteiger partial charge in [-0.25, -0.2) is 8.42 Å². The number of hydrogen-bond acceptors (Lipinski definition) is 3. The number of carbonyl (C=O) groups excluding carboxylic acids is 1. The van der Waals surface area contributed by atoms with Crippen LogP contribution in [0.15, 0.2) is 77.7 Å². The van der Waals surface area contributed by atoms with Crippen LogP contribution >= 0.6 is 0 Å². The van der Waals surface area contributed by atoms with Crippen molar-refractivity contribution in [2.75, 3.05) is 16.2 Å². The summed E-state index contributed by atoms with van der Waals surface area (Å²) in [5, 5.41) is 2.82. The molecule has 3 aromatic carbocycles. The molecule has 162 valence electrons. The Morgan fingerprint density at radius 1 is 0.871 bits per heavy atom. The summed E-state index contributed by atoms with van der Waals surface area (Å²) in [4.78, 5) is 13.0. The molecule has 0 heterocycles. The van der Waals surface area contributed by atoms with E-state index in [1.54, 1.807) is 36.4 Å². The second-order valence-electron chi connectivity index (χ2n) is 7.41. The fourth-order valence-electron chi connectivity index (χ4n) is 3.34. The molecule has 5 nitrogen and oxygen atoms in total. The van der Waals surface area contributed by atoms with E-state index in [0.29, 0.717) is 17.8 Å². The molecule has 3 aromatic rings. The van der Waals surface area contributed by atoms with Crippen molar-refractivity contribution in [2.45, 2.75) is 38.5 Å². The van der Waals surface area contributed by atoms with Crippen molar-refractivity contribution < 1.29 is 13.2 Å². The van der Waals surface area contributed by atoms with E-state index in [-0.39, 0.29) is 11.4 Å². The Bertz CT molecular complexity index is 1140. The van der Waals surface area contributed by atoms with E-state index < -0.39 is 15.9 Å². The number of nitrogens with one attached hydrogen (secondary N) is 1. The highest BCUT2D eigenvalue weighted by Crippen LogP contribution is 2.28. The number of carbonyl (C=O) groups is 1. The molecule has 3 rings (SSSR count). The molecule has 0 radical (unpaired) electrons. The van der Waals surface area contributed by atoms with Gasteiger partial charge >= 0.3 is 0 Å². The number of nitrogens with zero attached hydrogens (tertiary/aromatic N) is 1. The average Bonchev–Trinajstić information content (AvgIpc) is 2.78. The lowest BCUT2D eigenvalue weighted by Crippen LogP contribution is -2.38. The third-order valence-electron chi connectivity index (χ3n) is 5.18. The van der Waals surface area contributed by atoms with Crippen LogP contribution in [0, 0.1) is 6.92 Å². The fraction of sp³-hybridized carbons (Fsp3) is 0.240. The van der Waals surface area contributed by atoms with Crippen molar-refractivity contribution in [1.29, 1.82) is 0 Å². The SMILES string of the molecule is CCc1ccc(NC(=O)CN(c2ccccc2CC)S(=O)(=O)c2ccc(C)cc2)cc1. The smallest absolute Gasteiger partial charge is 0.264 e. The zero-order valence-electron chi connectivity index (χ0n) is 18.1. The van der Waals surface area contributed by atoms with Crippen LogP contribution in [0.3, 0.4) is 0 Å². The molecule has 0 aliphatic rings. The summed E-state index contributed by atoms with van der Waals surface area (Å²) in [6.45, 7) is 5.61. The number of sulfonamides is 1. The van der Waals surface area contributed by atoms with Crippen LogP contribution < -0.4 is 9.62 Å². The van der Waals surface area contributed by atoms with Crippen LogP contribution in [0.2, 0.25) is 0 Å². The summed E-state index contributed by atoms with van der Waals surface area (Å²) in [5.41, 5.74) is 4.14. The van der Waals surface area contributed by atoms with E-state index in [9.17, 15) is 13.2 Å². The predicted molar refractivity (Wildman–Crippen MR) is 126 cm³/mol. The molecule has 0 saturated heterocycles. The van der Waals surface area contributed by atoms with Gasteiger partial charge < -0.3 is 5.32 Å². The Kier molecular flexibility index (Phi) is 7.13. The quantitative estimate of drug-likeness (QED) is 0.543. The van der Waals surface area contributed by atoms with Gasteiger partial charge in [0.05, 0.1) is 10.6 Å². The van der Waals surface area contributed by atoms with Crippen LogP contribution in [-0.2, 0) is 27.7 Å². The van der Waals surface area contributed by atoms with Crippen molar-refractivity contribution in [3.8, 4) is 0 Å². The first-order chi connectivity index (χ1) is 14.8. The van der Waals surface area contributed by atoms with Gasteiger partial charge in [-0.15, -0.1) is 0 Å². The van der Waals surface area contributed by atoms with Gasteiger partial charge in [-0.2, -0.15) is 0 Å². The molecule has 0 spiro atoms. The zero-order valence-corrected chi connectivity index (χ0v) is 18.9. The Morgan fingerprint density at radius 2 is 1.52 bits per heavy atom. The third-order valence-corrected chi connectivity index (χ3v) is 6.96. The maximum absolute atomic E-state index is 13.5. The van der Waals surface area contributed by atoms with E-state index in [0.717, 1.165) is 17.5 Å². The number of rotatable bonds is 8. The molecule has 6 heteroatoms. The second kappa shape index (κ2) is 9.79. The van der Waals surface area contributed by atoms with Crippen LogP contribution in [0.4, 0.5) is 11.4 Å². The molecule has 1 N–H and O–H groups in total. The van der Waals surface area contributed by atoms with Crippen molar-refractivity contribution in [1.82, 2.24) is 0 Å².